The predicted molar refractivity (Wildman–Crippen MR) is 84.8 cm³/mol. The third kappa shape index (κ3) is 3.67. The van der Waals surface area contributed by atoms with Gasteiger partial charge in [0.05, 0.1) is 0 Å². The molecule has 1 saturated heterocycles. The second kappa shape index (κ2) is 7.23. The molecule has 22 heavy (non-hydrogen) atoms. The number of halogens is 1. The van der Waals surface area contributed by atoms with Crippen molar-refractivity contribution in [3.8, 4) is 0 Å². The number of benzene rings is 1. The lowest BCUT2D eigenvalue weighted by atomic mass is 10.1. The zero-order valence-corrected chi connectivity index (χ0v) is 13.1. The van der Waals surface area contributed by atoms with Crippen molar-refractivity contribution < 1.29 is 9.18 Å². The molecular weight excluding hydrogens is 279 g/mol. The highest BCUT2D eigenvalue weighted by atomic mass is 19.1. The van der Waals surface area contributed by atoms with E-state index in [1.807, 2.05) is 17.0 Å². The van der Waals surface area contributed by atoms with E-state index in [-0.39, 0.29) is 11.7 Å². The smallest absolute Gasteiger partial charge is 0.225 e. The molecule has 3 nitrogen and oxygen atoms in total. The summed E-state index contributed by atoms with van der Waals surface area (Å²) < 4.78 is 13.8. The molecule has 0 aromatic heterocycles. The van der Waals surface area contributed by atoms with E-state index in [1.54, 1.807) is 6.07 Å². The molecule has 0 N–H and O–H groups in total. The van der Waals surface area contributed by atoms with Crippen LogP contribution in [-0.2, 0) is 11.3 Å². The third-order valence-corrected chi connectivity index (χ3v) is 4.96. The van der Waals surface area contributed by atoms with Crippen molar-refractivity contribution >= 4 is 5.91 Å². The van der Waals surface area contributed by atoms with Crippen LogP contribution in [0.1, 0.15) is 37.7 Å². The molecule has 0 radical (unpaired) electrons. The number of rotatable bonds is 3. The number of carbonyl (C=O) groups is 1. The van der Waals surface area contributed by atoms with Gasteiger partial charge in [-0.3, -0.25) is 9.69 Å². The zero-order valence-electron chi connectivity index (χ0n) is 13.1. The van der Waals surface area contributed by atoms with Crippen LogP contribution >= 0.6 is 0 Å². The van der Waals surface area contributed by atoms with E-state index < -0.39 is 0 Å². The van der Waals surface area contributed by atoms with Crippen LogP contribution in [0.5, 0.6) is 0 Å². The molecule has 2 aliphatic rings. The number of nitrogens with zero attached hydrogens (tertiary/aromatic N) is 2. The maximum atomic E-state index is 13.8. The highest BCUT2D eigenvalue weighted by molar-refractivity contribution is 5.79. The van der Waals surface area contributed by atoms with E-state index >= 15 is 0 Å². The summed E-state index contributed by atoms with van der Waals surface area (Å²) in [5.74, 6) is 0.481. The van der Waals surface area contributed by atoms with Crippen LogP contribution in [0.2, 0.25) is 0 Å². The molecular formula is C18H25FN2O. The fourth-order valence-corrected chi connectivity index (χ4v) is 3.65. The second-order valence-corrected chi connectivity index (χ2v) is 6.53. The van der Waals surface area contributed by atoms with E-state index in [0.29, 0.717) is 12.5 Å². The van der Waals surface area contributed by atoms with Crippen LogP contribution in [0.15, 0.2) is 24.3 Å². The number of hydrogen-bond donors (Lipinski definition) is 0. The summed E-state index contributed by atoms with van der Waals surface area (Å²) in [6, 6.07) is 6.97. The monoisotopic (exact) mass is 304 g/mol. The lowest BCUT2D eigenvalue weighted by Gasteiger charge is -2.24. The Balaban J connectivity index is 1.55. The molecule has 1 heterocycles. The normalized spacial score (nSPS) is 21.0. The van der Waals surface area contributed by atoms with Gasteiger partial charge in [0.25, 0.3) is 0 Å². The minimum Gasteiger partial charge on any atom is -0.341 e. The highest BCUT2D eigenvalue weighted by Crippen LogP contribution is 2.27. The average molecular weight is 304 g/mol. The van der Waals surface area contributed by atoms with Gasteiger partial charge in [-0.25, -0.2) is 4.39 Å². The standard InChI is InChI=1S/C18H25FN2O/c19-17-9-4-3-8-16(17)14-20-10-5-11-21(13-12-20)18(22)15-6-1-2-7-15/h3-4,8-9,15H,1-2,5-7,10-14H2. The first-order valence-electron chi connectivity index (χ1n) is 8.48. The number of carbonyl (C=O) groups excluding carboxylic acids is 1. The topological polar surface area (TPSA) is 23.6 Å². The maximum absolute atomic E-state index is 13.8. The molecule has 2 fully saturated rings. The predicted octanol–water partition coefficient (Wildman–Crippen LogP) is 3.05. The molecule has 3 rings (SSSR count). The molecule has 1 aliphatic carbocycles. The van der Waals surface area contributed by atoms with Crippen molar-refractivity contribution in [3.05, 3.63) is 35.6 Å². The van der Waals surface area contributed by atoms with Crippen LogP contribution in [0.25, 0.3) is 0 Å². The molecule has 1 aromatic carbocycles. The Morgan fingerprint density at radius 2 is 1.82 bits per heavy atom. The number of amides is 1. The Labute approximate surface area is 132 Å². The summed E-state index contributed by atoms with van der Waals surface area (Å²) in [4.78, 5) is 16.8. The van der Waals surface area contributed by atoms with Crippen LogP contribution in [0.4, 0.5) is 4.39 Å². The van der Waals surface area contributed by atoms with Crippen LogP contribution in [0.3, 0.4) is 0 Å². The van der Waals surface area contributed by atoms with Crippen molar-refractivity contribution in [2.75, 3.05) is 26.2 Å². The zero-order chi connectivity index (χ0) is 15.4. The van der Waals surface area contributed by atoms with Gasteiger partial charge in [-0.2, -0.15) is 0 Å². The first-order valence-corrected chi connectivity index (χ1v) is 8.48. The Hall–Kier alpha value is -1.42. The molecule has 1 aliphatic heterocycles. The first kappa shape index (κ1) is 15.5. The van der Waals surface area contributed by atoms with Crippen LogP contribution in [-0.4, -0.2) is 41.9 Å². The van der Waals surface area contributed by atoms with Gasteiger partial charge >= 0.3 is 0 Å². The summed E-state index contributed by atoms with van der Waals surface area (Å²) in [7, 11) is 0. The molecule has 0 bridgehead atoms. The molecule has 1 aromatic rings. The molecule has 0 atom stereocenters. The highest BCUT2D eigenvalue weighted by Gasteiger charge is 2.28. The largest absolute Gasteiger partial charge is 0.341 e. The number of hydrogen-bond acceptors (Lipinski definition) is 2. The quantitative estimate of drug-likeness (QED) is 0.857. The van der Waals surface area contributed by atoms with E-state index in [0.717, 1.165) is 51.0 Å². The molecule has 120 valence electrons. The Kier molecular flexibility index (Phi) is 5.08. The fourth-order valence-electron chi connectivity index (χ4n) is 3.65. The van der Waals surface area contributed by atoms with Crippen molar-refractivity contribution in [1.82, 2.24) is 9.80 Å². The van der Waals surface area contributed by atoms with Crippen LogP contribution in [0, 0.1) is 11.7 Å². The summed E-state index contributed by atoms with van der Waals surface area (Å²) in [5.41, 5.74) is 0.748. The average Bonchev–Trinajstić information content (AvgIpc) is 2.96. The summed E-state index contributed by atoms with van der Waals surface area (Å²) in [6.45, 7) is 4.04. The summed E-state index contributed by atoms with van der Waals surface area (Å²) in [5, 5.41) is 0. The minimum atomic E-state index is -0.134. The van der Waals surface area contributed by atoms with Crippen molar-refractivity contribution in [3.63, 3.8) is 0 Å². The van der Waals surface area contributed by atoms with Crippen molar-refractivity contribution in [2.45, 2.75) is 38.6 Å². The maximum Gasteiger partial charge on any atom is 0.225 e. The minimum absolute atomic E-state index is 0.134. The molecule has 1 saturated carbocycles. The third-order valence-electron chi connectivity index (χ3n) is 4.96. The SMILES string of the molecule is O=C(C1CCCC1)N1CCCN(Cc2ccccc2F)CC1. The van der Waals surface area contributed by atoms with E-state index in [1.165, 1.54) is 18.9 Å². The van der Waals surface area contributed by atoms with Gasteiger partial charge in [0.15, 0.2) is 0 Å². The first-order chi connectivity index (χ1) is 10.7. The Morgan fingerprint density at radius 1 is 1.05 bits per heavy atom. The Morgan fingerprint density at radius 3 is 2.59 bits per heavy atom. The van der Waals surface area contributed by atoms with Crippen LogP contribution < -0.4 is 0 Å². The van der Waals surface area contributed by atoms with Gasteiger partial charge in [-0.15, -0.1) is 0 Å². The Bertz CT molecular complexity index is 514. The molecule has 4 heteroatoms. The van der Waals surface area contributed by atoms with E-state index in [2.05, 4.69) is 4.90 Å². The van der Waals surface area contributed by atoms with Gasteiger partial charge in [0.2, 0.25) is 5.91 Å². The van der Waals surface area contributed by atoms with Gasteiger partial charge < -0.3 is 4.90 Å². The van der Waals surface area contributed by atoms with E-state index in [4.69, 9.17) is 0 Å². The van der Waals surface area contributed by atoms with Gasteiger partial charge in [0.1, 0.15) is 5.82 Å². The molecule has 0 spiro atoms. The van der Waals surface area contributed by atoms with Gasteiger partial charge in [0, 0.05) is 44.2 Å². The molecule has 0 unspecified atom stereocenters. The van der Waals surface area contributed by atoms with Gasteiger partial charge in [-0.05, 0) is 25.3 Å². The van der Waals surface area contributed by atoms with Crippen molar-refractivity contribution in [2.24, 2.45) is 5.92 Å². The lowest BCUT2D eigenvalue weighted by molar-refractivity contribution is -0.135. The van der Waals surface area contributed by atoms with Crippen molar-refractivity contribution in [1.29, 1.82) is 0 Å². The second-order valence-electron chi connectivity index (χ2n) is 6.53. The fraction of sp³-hybridized carbons (Fsp3) is 0.611. The van der Waals surface area contributed by atoms with Gasteiger partial charge in [-0.1, -0.05) is 31.0 Å². The summed E-state index contributed by atoms with van der Waals surface area (Å²) >= 11 is 0. The summed E-state index contributed by atoms with van der Waals surface area (Å²) in [6.07, 6.45) is 5.50. The lowest BCUT2D eigenvalue weighted by Crippen LogP contribution is -2.38. The molecule has 1 amide bonds. The van der Waals surface area contributed by atoms with E-state index in [9.17, 15) is 9.18 Å².